The molecule has 2 heterocycles. The topological polar surface area (TPSA) is 69.6 Å². The molecule has 7 heteroatoms. The van der Waals surface area contributed by atoms with E-state index < -0.39 is 0 Å². The summed E-state index contributed by atoms with van der Waals surface area (Å²) in [5, 5.41) is 0. The first-order chi connectivity index (χ1) is 13.7. The lowest BCUT2D eigenvalue weighted by Crippen LogP contribution is -2.32. The highest BCUT2D eigenvalue weighted by molar-refractivity contribution is 5.80. The van der Waals surface area contributed by atoms with Crippen LogP contribution in [0.4, 0.5) is 5.82 Å². The van der Waals surface area contributed by atoms with Gasteiger partial charge in [-0.2, -0.15) is 0 Å². The summed E-state index contributed by atoms with van der Waals surface area (Å²) in [5.74, 6) is 2.41. The van der Waals surface area contributed by atoms with Gasteiger partial charge in [0.2, 0.25) is 11.8 Å². The van der Waals surface area contributed by atoms with E-state index >= 15 is 0 Å². The minimum atomic E-state index is 0.0739. The number of aromatic nitrogens is 2. The summed E-state index contributed by atoms with van der Waals surface area (Å²) in [7, 11) is 5.73. The molecular formula is C22H35N5O2. The quantitative estimate of drug-likeness (QED) is 0.703. The van der Waals surface area contributed by atoms with Crippen LogP contribution in [0.3, 0.4) is 0 Å². The average molecular weight is 402 g/mol. The molecule has 0 spiro atoms. The Morgan fingerprint density at radius 1 is 1.21 bits per heavy atom. The van der Waals surface area contributed by atoms with Crippen LogP contribution in [0.25, 0.3) is 0 Å². The first-order valence-corrected chi connectivity index (χ1v) is 10.8. The maximum absolute atomic E-state index is 12.6. The van der Waals surface area contributed by atoms with Crippen molar-refractivity contribution in [2.75, 3.05) is 32.6 Å². The van der Waals surface area contributed by atoms with Gasteiger partial charge in [0.15, 0.2) is 0 Å². The number of anilines is 1. The second-order valence-electron chi connectivity index (χ2n) is 9.11. The second kappa shape index (κ2) is 9.09. The van der Waals surface area contributed by atoms with Crippen molar-refractivity contribution >= 4 is 17.6 Å². The maximum atomic E-state index is 12.6. The van der Waals surface area contributed by atoms with Gasteiger partial charge in [-0.25, -0.2) is 9.97 Å². The van der Waals surface area contributed by atoms with E-state index in [4.69, 9.17) is 4.98 Å². The third kappa shape index (κ3) is 5.25. The van der Waals surface area contributed by atoms with Gasteiger partial charge in [-0.05, 0) is 32.6 Å². The summed E-state index contributed by atoms with van der Waals surface area (Å²) >= 11 is 0. The Labute approximate surface area is 174 Å². The molecule has 3 rings (SSSR count). The zero-order valence-corrected chi connectivity index (χ0v) is 18.5. The Bertz CT molecular complexity index is 743. The molecule has 0 N–H and O–H groups in total. The van der Waals surface area contributed by atoms with Crippen molar-refractivity contribution in [1.82, 2.24) is 19.8 Å². The van der Waals surface area contributed by atoms with Crippen molar-refractivity contribution in [2.45, 2.75) is 70.9 Å². The number of carbonyl (C=O) groups is 2. The van der Waals surface area contributed by atoms with Crippen LogP contribution < -0.4 is 4.90 Å². The molecule has 1 saturated heterocycles. The molecule has 2 fully saturated rings. The molecule has 1 aliphatic heterocycles. The molecule has 0 aromatic carbocycles. The zero-order valence-electron chi connectivity index (χ0n) is 18.5. The molecular weight excluding hydrogens is 366 g/mol. The number of hydrogen-bond acceptors (Lipinski definition) is 5. The minimum Gasteiger partial charge on any atom is -0.363 e. The lowest BCUT2D eigenvalue weighted by atomic mass is 10.0. The molecule has 1 saturated carbocycles. The highest BCUT2D eigenvalue weighted by Gasteiger charge is 2.33. The van der Waals surface area contributed by atoms with Gasteiger partial charge in [0.25, 0.3) is 0 Å². The summed E-state index contributed by atoms with van der Waals surface area (Å²) in [6.45, 7) is 5.18. The molecule has 1 aliphatic carbocycles. The van der Waals surface area contributed by atoms with Crippen LogP contribution in [0.15, 0.2) is 6.07 Å². The van der Waals surface area contributed by atoms with Crippen molar-refractivity contribution in [3.05, 3.63) is 17.6 Å². The summed E-state index contributed by atoms with van der Waals surface area (Å²) in [4.78, 5) is 40.0. The number of rotatable bonds is 7. The number of hydrogen-bond donors (Lipinski definition) is 0. The van der Waals surface area contributed by atoms with Gasteiger partial charge in [-0.3, -0.25) is 9.59 Å². The van der Waals surface area contributed by atoms with Gasteiger partial charge in [-0.15, -0.1) is 0 Å². The Morgan fingerprint density at radius 3 is 2.48 bits per heavy atom. The fraction of sp³-hybridized carbons (Fsp3) is 0.727. The van der Waals surface area contributed by atoms with Gasteiger partial charge in [-0.1, -0.05) is 12.8 Å². The van der Waals surface area contributed by atoms with Crippen LogP contribution in [0.1, 0.15) is 69.8 Å². The number of carbonyl (C=O) groups excluding carboxylic acids is 2. The predicted octanol–water partition coefficient (Wildman–Crippen LogP) is 2.81. The summed E-state index contributed by atoms with van der Waals surface area (Å²) in [5.41, 5.74) is 0.895. The zero-order chi connectivity index (χ0) is 21.1. The summed E-state index contributed by atoms with van der Waals surface area (Å²) in [6, 6.07) is 2.17. The van der Waals surface area contributed by atoms with Crippen molar-refractivity contribution in [2.24, 2.45) is 5.92 Å². The molecule has 1 aromatic rings. The minimum absolute atomic E-state index is 0.0739. The molecule has 7 nitrogen and oxygen atoms in total. The molecule has 1 unspecified atom stereocenters. The van der Waals surface area contributed by atoms with Gasteiger partial charge in [0, 0.05) is 58.6 Å². The van der Waals surface area contributed by atoms with E-state index in [0.29, 0.717) is 37.7 Å². The first kappa shape index (κ1) is 21.5. The number of nitrogens with zero attached hydrogens (tertiary/aromatic N) is 5. The molecule has 2 aliphatic rings. The fourth-order valence-electron chi connectivity index (χ4n) is 4.36. The SMILES string of the molecule is CC(C)N1CC(c2cc(N(C)C)nc(CN(C)C(=O)CC3CCCC3)n2)CC1=O. The molecule has 2 amide bonds. The highest BCUT2D eigenvalue weighted by Crippen LogP contribution is 2.30. The van der Waals surface area contributed by atoms with E-state index in [2.05, 4.69) is 4.98 Å². The molecule has 1 atom stereocenters. The normalized spacial score (nSPS) is 20.0. The van der Waals surface area contributed by atoms with E-state index in [1.165, 1.54) is 25.7 Å². The average Bonchev–Trinajstić information content (AvgIpc) is 3.30. The summed E-state index contributed by atoms with van der Waals surface area (Å²) < 4.78 is 0. The lowest BCUT2D eigenvalue weighted by molar-refractivity contribution is -0.131. The van der Waals surface area contributed by atoms with Gasteiger partial charge in [0.1, 0.15) is 11.6 Å². The van der Waals surface area contributed by atoms with Gasteiger partial charge in [0.05, 0.1) is 12.2 Å². The first-order valence-electron chi connectivity index (χ1n) is 10.8. The Hall–Kier alpha value is -2.18. The maximum Gasteiger partial charge on any atom is 0.223 e. The number of amides is 2. The standard InChI is InChI=1S/C22H35N5O2/c1-15(2)27-13-17(11-22(27)29)18-12-20(25(3)4)24-19(23-18)14-26(5)21(28)10-16-8-6-7-9-16/h12,15-17H,6-11,13-14H2,1-5H3. The van der Waals surface area contributed by atoms with E-state index in [1.807, 2.05) is 50.9 Å². The third-order valence-corrected chi connectivity index (χ3v) is 6.18. The van der Waals surface area contributed by atoms with Crippen LogP contribution in [0, 0.1) is 5.92 Å². The van der Waals surface area contributed by atoms with Crippen LogP contribution in [0.5, 0.6) is 0 Å². The van der Waals surface area contributed by atoms with Crippen molar-refractivity contribution in [3.8, 4) is 0 Å². The van der Waals surface area contributed by atoms with Crippen LogP contribution in [-0.2, 0) is 16.1 Å². The van der Waals surface area contributed by atoms with Crippen LogP contribution in [-0.4, -0.2) is 65.3 Å². The summed E-state index contributed by atoms with van der Waals surface area (Å²) in [6.07, 6.45) is 5.92. The monoisotopic (exact) mass is 401 g/mol. The Kier molecular flexibility index (Phi) is 6.75. The fourth-order valence-corrected chi connectivity index (χ4v) is 4.36. The van der Waals surface area contributed by atoms with Crippen LogP contribution >= 0.6 is 0 Å². The van der Waals surface area contributed by atoms with E-state index in [-0.39, 0.29) is 23.8 Å². The molecule has 29 heavy (non-hydrogen) atoms. The predicted molar refractivity (Wildman–Crippen MR) is 114 cm³/mol. The van der Waals surface area contributed by atoms with Gasteiger partial charge >= 0.3 is 0 Å². The largest absolute Gasteiger partial charge is 0.363 e. The van der Waals surface area contributed by atoms with Crippen LogP contribution in [0.2, 0.25) is 0 Å². The van der Waals surface area contributed by atoms with Crippen molar-refractivity contribution in [3.63, 3.8) is 0 Å². The van der Waals surface area contributed by atoms with Crippen molar-refractivity contribution in [1.29, 1.82) is 0 Å². The molecule has 0 bridgehead atoms. The number of likely N-dealkylation sites (tertiary alicyclic amines) is 1. The lowest BCUT2D eigenvalue weighted by Gasteiger charge is -2.22. The van der Waals surface area contributed by atoms with E-state index in [0.717, 1.165) is 11.5 Å². The third-order valence-electron chi connectivity index (χ3n) is 6.18. The Balaban J connectivity index is 1.74. The van der Waals surface area contributed by atoms with E-state index in [1.54, 1.807) is 4.90 Å². The van der Waals surface area contributed by atoms with Gasteiger partial charge < -0.3 is 14.7 Å². The smallest absolute Gasteiger partial charge is 0.223 e. The molecule has 160 valence electrons. The highest BCUT2D eigenvalue weighted by atomic mass is 16.2. The molecule has 0 radical (unpaired) electrons. The second-order valence-corrected chi connectivity index (χ2v) is 9.11. The van der Waals surface area contributed by atoms with E-state index in [9.17, 15) is 9.59 Å². The molecule has 1 aromatic heterocycles. The Morgan fingerprint density at radius 2 is 1.90 bits per heavy atom. The van der Waals surface area contributed by atoms with Crippen molar-refractivity contribution < 1.29 is 9.59 Å².